The standard InChI is InChI=1S/C21H30F3N5O2/c1-12(2)14-9-17(21(22,23)24)29-18(25-14)10-15(26-29)16-6-4-5-7-28(16)20(31)13-8-19(30)27(3)11-13/h10,12-14,16-17,25H,4-9,11H2,1-3H3/t13?,14-,16?,17+/m0/s1. The maximum absolute atomic E-state index is 13.8. The second-order valence-corrected chi connectivity index (χ2v) is 9.41. The molecule has 4 rings (SSSR count). The Morgan fingerprint density at radius 3 is 2.65 bits per heavy atom. The van der Waals surface area contributed by atoms with Crippen LogP contribution in [0.4, 0.5) is 19.0 Å². The number of hydrogen-bond donors (Lipinski definition) is 1. The van der Waals surface area contributed by atoms with Gasteiger partial charge in [-0.25, -0.2) is 4.68 Å². The highest BCUT2D eigenvalue weighted by molar-refractivity contribution is 5.89. The monoisotopic (exact) mass is 441 g/mol. The third kappa shape index (κ3) is 4.13. The summed E-state index contributed by atoms with van der Waals surface area (Å²) in [6, 6.07) is -0.671. The molecule has 2 saturated heterocycles. The van der Waals surface area contributed by atoms with Crippen molar-refractivity contribution in [1.29, 1.82) is 0 Å². The van der Waals surface area contributed by atoms with Gasteiger partial charge >= 0.3 is 6.18 Å². The molecule has 31 heavy (non-hydrogen) atoms. The number of likely N-dealkylation sites (tertiary alicyclic amines) is 2. The number of fused-ring (bicyclic) bond motifs is 1. The van der Waals surface area contributed by atoms with E-state index < -0.39 is 18.1 Å². The van der Waals surface area contributed by atoms with E-state index in [1.807, 2.05) is 13.8 Å². The van der Waals surface area contributed by atoms with E-state index in [0.717, 1.165) is 17.5 Å². The summed E-state index contributed by atoms with van der Waals surface area (Å²) in [4.78, 5) is 28.4. The number of alkyl halides is 3. The van der Waals surface area contributed by atoms with Crippen molar-refractivity contribution >= 4 is 17.6 Å². The summed E-state index contributed by atoms with van der Waals surface area (Å²) < 4.78 is 42.5. The topological polar surface area (TPSA) is 70.5 Å². The van der Waals surface area contributed by atoms with Crippen molar-refractivity contribution in [3.63, 3.8) is 0 Å². The Hall–Kier alpha value is -2.26. The SMILES string of the molecule is CC(C)[C@@H]1C[C@H](C(F)(F)F)n2nc(C3CCCCN3C(=O)C3CC(=O)N(C)C3)cc2N1. The first-order chi connectivity index (χ1) is 14.6. The number of nitrogens with one attached hydrogen (secondary N) is 1. The zero-order chi connectivity index (χ0) is 22.5. The lowest BCUT2D eigenvalue weighted by Crippen LogP contribution is -2.43. The zero-order valence-corrected chi connectivity index (χ0v) is 18.2. The molecule has 1 aromatic heterocycles. The Balaban J connectivity index is 1.63. The van der Waals surface area contributed by atoms with Crippen LogP contribution in [-0.2, 0) is 9.59 Å². The van der Waals surface area contributed by atoms with Crippen molar-refractivity contribution in [2.24, 2.45) is 11.8 Å². The van der Waals surface area contributed by atoms with Crippen LogP contribution in [0, 0.1) is 11.8 Å². The van der Waals surface area contributed by atoms with Gasteiger partial charge in [-0.3, -0.25) is 9.59 Å². The Morgan fingerprint density at radius 2 is 2.03 bits per heavy atom. The van der Waals surface area contributed by atoms with Gasteiger partial charge in [0, 0.05) is 38.7 Å². The molecule has 0 aromatic carbocycles. The summed E-state index contributed by atoms with van der Waals surface area (Å²) in [5.41, 5.74) is 0.492. The number of carbonyl (C=O) groups excluding carboxylic acids is 2. The van der Waals surface area contributed by atoms with Crippen LogP contribution in [0.25, 0.3) is 0 Å². The van der Waals surface area contributed by atoms with Gasteiger partial charge in [-0.05, 0) is 31.6 Å². The average molecular weight is 441 g/mol. The molecule has 4 atom stereocenters. The molecule has 3 aliphatic heterocycles. The van der Waals surface area contributed by atoms with Crippen LogP contribution in [0.15, 0.2) is 6.07 Å². The van der Waals surface area contributed by atoms with Crippen molar-refractivity contribution in [2.75, 3.05) is 25.5 Å². The molecule has 0 radical (unpaired) electrons. The lowest BCUT2D eigenvalue weighted by molar-refractivity contribution is -0.174. The Labute approximate surface area is 179 Å². The van der Waals surface area contributed by atoms with Crippen LogP contribution in [0.3, 0.4) is 0 Å². The number of amides is 2. The van der Waals surface area contributed by atoms with Gasteiger partial charge in [-0.2, -0.15) is 18.3 Å². The number of halogens is 3. The summed E-state index contributed by atoms with van der Waals surface area (Å²) in [6.07, 6.45) is -1.91. The van der Waals surface area contributed by atoms with Gasteiger partial charge in [-0.15, -0.1) is 0 Å². The van der Waals surface area contributed by atoms with Gasteiger partial charge in [0.25, 0.3) is 0 Å². The number of carbonyl (C=O) groups is 2. The van der Waals surface area contributed by atoms with Crippen molar-refractivity contribution in [3.05, 3.63) is 11.8 Å². The molecule has 0 spiro atoms. The van der Waals surface area contributed by atoms with E-state index in [0.29, 0.717) is 31.0 Å². The Kier molecular flexibility index (Phi) is 5.68. The van der Waals surface area contributed by atoms with Gasteiger partial charge in [0.05, 0.1) is 17.7 Å². The van der Waals surface area contributed by atoms with Gasteiger partial charge in [0.1, 0.15) is 5.82 Å². The molecule has 1 aromatic rings. The molecular weight excluding hydrogens is 411 g/mol. The number of piperidine rings is 1. The largest absolute Gasteiger partial charge is 0.410 e. The summed E-state index contributed by atoms with van der Waals surface area (Å²) in [7, 11) is 1.68. The van der Waals surface area contributed by atoms with E-state index in [9.17, 15) is 22.8 Å². The summed E-state index contributed by atoms with van der Waals surface area (Å²) in [5, 5.41) is 7.58. The molecule has 3 aliphatic rings. The van der Waals surface area contributed by atoms with Crippen molar-refractivity contribution < 1.29 is 22.8 Å². The maximum atomic E-state index is 13.8. The number of nitrogens with zero attached hydrogens (tertiary/aromatic N) is 4. The minimum absolute atomic E-state index is 0.0431. The van der Waals surface area contributed by atoms with E-state index in [4.69, 9.17) is 0 Å². The molecule has 4 heterocycles. The van der Waals surface area contributed by atoms with Crippen molar-refractivity contribution in [3.8, 4) is 0 Å². The first kappa shape index (κ1) is 22.0. The number of anilines is 1. The predicted octanol–water partition coefficient (Wildman–Crippen LogP) is 3.36. The lowest BCUT2D eigenvalue weighted by atomic mass is 9.94. The smallest absolute Gasteiger partial charge is 0.367 e. The lowest BCUT2D eigenvalue weighted by Gasteiger charge is -2.36. The number of rotatable bonds is 3. The van der Waals surface area contributed by atoms with Crippen LogP contribution in [0.5, 0.6) is 0 Å². The molecule has 172 valence electrons. The van der Waals surface area contributed by atoms with Crippen molar-refractivity contribution in [1.82, 2.24) is 19.6 Å². The fourth-order valence-electron chi connectivity index (χ4n) is 4.99. The van der Waals surface area contributed by atoms with E-state index in [2.05, 4.69) is 10.4 Å². The molecule has 1 N–H and O–H groups in total. The first-order valence-electron chi connectivity index (χ1n) is 11.0. The molecule has 10 heteroatoms. The average Bonchev–Trinajstić information content (AvgIpc) is 3.29. The second kappa shape index (κ2) is 8.02. The molecule has 0 bridgehead atoms. The van der Waals surface area contributed by atoms with Crippen molar-refractivity contribution in [2.45, 2.75) is 70.3 Å². The third-order valence-corrected chi connectivity index (χ3v) is 6.86. The second-order valence-electron chi connectivity index (χ2n) is 9.41. The zero-order valence-electron chi connectivity index (χ0n) is 18.2. The van der Waals surface area contributed by atoms with Crippen LogP contribution >= 0.6 is 0 Å². The van der Waals surface area contributed by atoms with Crippen LogP contribution in [0.2, 0.25) is 0 Å². The summed E-state index contributed by atoms with van der Waals surface area (Å²) >= 11 is 0. The normalized spacial score (nSPS) is 29.3. The van der Waals surface area contributed by atoms with E-state index in [1.165, 1.54) is 0 Å². The number of aromatic nitrogens is 2. The van der Waals surface area contributed by atoms with Crippen LogP contribution < -0.4 is 5.32 Å². The molecule has 2 fully saturated rings. The highest BCUT2D eigenvalue weighted by Gasteiger charge is 2.47. The minimum atomic E-state index is -4.40. The Morgan fingerprint density at radius 1 is 1.29 bits per heavy atom. The highest BCUT2D eigenvalue weighted by Crippen LogP contribution is 2.42. The van der Waals surface area contributed by atoms with Gasteiger partial charge in [-0.1, -0.05) is 13.8 Å². The third-order valence-electron chi connectivity index (χ3n) is 6.86. The molecule has 7 nitrogen and oxygen atoms in total. The summed E-state index contributed by atoms with van der Waals surface area (Å²) in [6.45, 7) is 4.72. The molecular formula is C21H30F3N5O2. The predicted molar refractivity (Wildman–Crippen MR) is 108 cm³/mol. The summed E-state index contributed by atoms with van der Waals surface area (Å²) in [5.74, 6) is -0.158. The molecule has 0 saturated carbocycles. The van der Waals surface area contributed by atoms with E-state index in [1.54, 1.807) is 22.9 Å². The van der Waals surface area contributed by atoms with E-state index in [-0.39, 0.29) is 42.7 Å². The molecule has 2 amide bonds. The van der Waals surface area contributed by atoms with Gasteiger partial charge < -0.3 is 15.1 Å². The maximum Gasteiger partial charge on any atom is 0.410 e. The van der Waals surface area contributed by atoms with Crippen LogP contribution in [0.1, 0.15) is 63.7 Å². The van der Waals surface area contributed by atoms with Gasteiger partial charge in [0.2, 0.25) is 11.8 Å². The minimum Gasteiger partial charge on any atom is -0.367 e. The molecule has 2 unspecified atom stereocenters. The van der Waals surface area contributed by atoms with Gasteiger partial charge in [0.15, 0.2) is 6.04 Å². The Bertz CT molecular complexity index is 853. The highest BCUT2D eigenvalue weighted by atomic mass is 19.4. The van der Waals surface area contributed by atoms with E-state index >= 15 is 0 Å². The quantitative estimate of drug-likeness (QED) is 0.781. The number of hydrogen-bond acceptors (Lipinski definition) is 4. The fourth-order valence-corrected chi connectivity index (χ4v) is 4.99. The molecule has 0 aliphatic carbocycles. The first-order valence-corrected chi connectivity index (χ1v) is 11.0. The fraction of sp³-hybridized carbons (Fsp3) is 0.762. The van der Waals surface area contributed by atoms with Crippen LogP contribution in [-0.4, -0.2) is 63.7 Å².